The van der Waals surface area contributed by atoms with Crippen molar-refractivity contribution in [3.63, 3.8) is 0 Å². The van der Waals surface area contributed by atoms with Gasteiger partial charge in [-0.2, -0.15) is 5.26 Å². The van der Waals surface area contributed by atoms with E-state index < -0.39 is 40.3 Å². The minimum absolute atomic E-state index is 0.0252. The summed E-state index contributed by atoms with van der Waals surface area (Å²) < 4.78 is 60.3. The number of benzene rings is 2. The first-order chi connectivity index (χ1) is 21.3. The number of nitrogens with zero attached hydrogens (tertiary/aromatic N) is 4. The van der Waals surface area contributed by atoms with Gasteiger partial charge in [-0.3, -0.25) is 9.52 Å². The first kappa shape index (κ1) is 29.5. The molecular formula is C31H27F3N6O3S. The maximum atomic E-state index is 15.5. The molecule has 2 aliphatic rings. The maximum Gasteiger partial charge on any atom is 0.201 e. The zero-order valence-electron chi connectivity index (χ0n) is 23.4. The summed E-state index contributed by atoms with van der Waals surface area (Å²) in [4.78, 5) is 34.0. The number of nitrogens with one attached hydrogen (secondary N) is 2. The van der Waals surface area contributed by atoms with Crippen LogP contribution in [0, 0.1) is 28.9 Å². The van der Waals surface area contributed by atoms with Gasteiger partial charge in [-0.25, -0.2) is 26.7 Å². The van der Waals surface area contributed by atoms with Gasteiger partial charge in [0, 0.05) is 61.0 Å². The number of carbonyl (C=O) groups is 2. The lowest BCUT2D eigenvalue weighted by Crippen LogP contribution is -2.34. The number of piperidine rings is 1. The number of rotatable bonds is 8. The largest absolute Gasteiger partial charge is 0.370 e. The van der Waals surface area contributed by atoms with E-state index in [0.29, 0.717) is 40.8 Å². The van der Waals surface area contributed by atoms with Crippen LogP contribution in [0.3, 0.4) is 0 Å². The summed E-state index contributed by atoms with van der Waals surface area (Å²) in [6, 6.07) is 11.2. The van der Waals surface area contributed by atoms with Gasteiger partial charge in [0.2, 0.25) is 5.78 Å². The third-order valence-corrected chi connectivity index (χ3v) is 9.34. The molecule has 2 aromatic carbocycles. The van der Waals surface area contributed by atoms with Crippen LogP contribution in [-0.2, 0) is 16.0 Å². The second kappa shape index (κ2) is 12.2. The highest BCUT2D eigenvalue weighted by molar-refractivity contribution is 7.84. The van der Waals surface area contributed by atoms with Crippen molar-refractivity contribution in [1.29, 1.82) is 5.26 Å². The van der Waals surface area contributed by atoms with E-state index >= 15 is 4.39 Å². The van der Waals surface area contributed by atoms with Gasteiger partial charge in [0.15, 0.2) is 17.0 Å². The monoisotopic (exact) mass is 620 g/mol. The molecule has 2 fully saturated rings. The van der Waals surface area contributed by atoms with Gasteiger partial charge in [0.1, 0.15) is 30.0 Å². The molecule has 2 N–H and O–H groups in total. The molecule has 6 rings (SSSR count). The number of pyridine rings is 1. The van der Waals surface area contributed by atoms with Gasteiger partial charge in [0.25, 0.3) is 0 Å². The molecule has 9 nitrogen and oxygen atoms in total. The van der Waals surface area contributed by atoms with Crippen molar-refractivity contribution in [2.75, 3.05) is 35.8 Å². The highest BCUT2D eigenvalue weighted by atomic mass is 32.2. The van der Waals surface area contributed by atoms with Crippen molar-refractivity contribution in [3.8, 4) is 17.2 Å². The Balaban J connectivity index is 1.29. The Morgan fingerprint density at radius 2 is 1.91 bits per heavy atom. The Kier molecular flexibility index (Phi) is 8.20. The number of anilines is 2. The number of hydrogen-bond donors (Lipinski definition) is 2. The average Bonchev–Trinajstić information content (AvgIpc) is 3.68. The van der Waals surface area contributed by atoms with Gasteiger partial charge >= 0.3 is 0 Å². The molecule has 0 spiro atoms. The summed E-state index contributed by atoms with van der Waals surface area (Å²) in [5.41, 5.74) is 1.55. The van der Waals surface area contributed by atoms with E-state index in [0.717, 1.165) is 36.9 Å². The van der Waals surface area contributed by atoms with Crippen LogP contribution in [0.2, 0.25) is 0 Å². The Bertz CT molecular complexity index is 1830. The lowest BCUT2D eigenvalue weighted by molar-refractivity contribution is -0.111. The van der Waals surface area contributed by atoms with Crippen LogP contribution in [0.5, 0.6) is 0 Å². The zero-order chi connectivity index (χ0) is 31.0. The zero-order valence-corrected chi connectivity index (χ0v) is 24.2. The summed E-state index contributed by atoms with van der Waals surface area (Å²) in [6.45, 7) is 1.45. The molecule has 2 aliphatic heterocycles. The molecule has 0 radical (unpaired) electrons. The Morgan fingerprint density at radius 1 is 1.11 bits per heavy atom. The summed E-state index contributed by atoms with van der Waals surface area (Å²) in [7, 11) is 0. The number of carbonyl (C=O) groups excluding carboxylic acids is 2. The molecule has 4 heterocycles. The standard InChI is InChI=1S/C31H27F3N6O3S/c32-22-7-10-40(16-22)44(43)38-26-3-2-25(33)28(29(26)34)30(42)24-15-37-31-23(24)12-21(14-36-31)19-1-4-27(20(11-19)13-35)39-8-5-18(17-41)6-9-39/h1-4,11-12,14-15,17-18,22,38H,5-10,16H2,(H,36,37). The summed E-state index contributed by atoms with van der Waals surface area (Å²) in [5.74, 6) is -3.24. The normalized spacial score (nSPS) is 18.3. The van der Waals surface area contributed by atoms with Gasteiger partial charge in [-0.1, -0.05) is 6.07 Å². The topological polar surface area (TPSA) is 122 Å². The van der Waals surface area contributed by atoms with Gasteiger partial charge in [0.05, 0.1) is 22.5 Å². The first-order valence-corrected chi connectivity index (χ1v) is 15.2. The quantitative estimate of drug-likeness (QED) is 0.210. The van der Waals surface area contributed by atoms with Crippen LogP contribution < -0.4 is 9.62 Å². The molecule has 2 aromatic heterocycles. The number of alkyl halides is 1. The van der Waals surface area contributed by atoms with E-state index in [1.165, 1.54) is 10.5 Å². The van der Waals surface area contributed by atoms with Gasteiger partial charge in [-0.15, -0.1) is 0 Å². The molecule has 226 valence electrons. The minimum Gasteiger partial charge on any atom is -0.370 e. The lowest BCUT2D eigenvalue weighted by Gasteiger charge is -2.32. The third-order valence-electron chi connectivity index (χ3n) is 8.14. The fourth-order valence-electron chi connectivity index (χ4n) is 5.68. The van der Waals surface area contributed by atoms with Crippen molar-refractivity contribution in [1.82, 2.24) is 14.3 Å². The maximum absolute atomic E-state index is 15.5. The summed E-state index contributed by atoms with van der Waals surface area (Å²) in [6.07, 6.45) is 4.36. The van der Waals surface area contributed by atoms with Crippen molar-refractivity contribution in [3.05, 3.63) is 77.1 Å². The molecule has 13 heteroatoms. The number of fused-ring (bicyclic) bond motifs is 1. The van der Waals surface area contributed by atoms with E-state index in [9.17, 15) is 27.8 Å². The highest BCUT2D eigenvalue weighted by Crippen LogP contribution is 2.33. The Hall–Kier alpha value is -4.54. The number of hydrogen-bond acceptors (Lipinski definition) is 6. The Morgan fingerprint density at radius 3 is 2.61 bits per heavy atom. The van der Waals surface area contributed by atoms with Crippen molar-refractivity contribution < 1.29 is 27.0 Å². The summed E-state index contributed by atoms with van der Waals surface area (Å²) in [5, 5.41) is 10.2. The average molecular weight is 621 g/mol. The molecular weight excluding hydrogens is 593 g/mol. The molecule has 2 atom stereocenters. The third kappa shape index (κ3) is 5.58. The molecule has 4 aromatic rings. The molecule has 2 saturated heterocycles. The van der Waals surface area contributed by atoms with E-state index in [-0.39, 0.29) is 36.7 Å². The summed E-state index contributed by atoms with van der Waals surface area (Å²) >= 11 is -1.98. The number of aromatic amines is 1. The number of ketones is 1. The van der Waals surface area contributed by atoms with Crippen LogP contribution in [-0.4, -0.2) is 62.9 Å². The fourth-order valence-corrected chi connectivity index (χ4v) is 6.72. The van der Waals surface area contributed by atoms with Gasteiger partial charge in [-0.05, 0) is 55.2 Å². The van der Waals surface area contributed by atoms with Crippen molar-refractivity contribution >= 4 is 45.6 Å². The van der Waals surface area contributed by atoms with Gasteiger partial charge < -0.3 is 14.7 Å². The van der Waals surface area contributed by atoms with Crippen LogP contribution in [0.4, 0.5) is 24.5 Å². The number of H-pyrrole nitrogens is 1. The smallest absolute Gasteiger partial charge is 0.201 e. The highest BCUT2D eigenvalue weighted by Gasteiger charge is 2.29. The minimum atomic E-state index is -1.98. The first-order valence-electron chi connectivity index (χ1n) is 14.1. The molecule has 2 unspecified atom stereocenters. The predicted octanol–water partition coefficient (Wildman–Crippen LogP) is 5.06. The fraction of sp³-hybridized carbons (Fsp3) is 0.290. The van der Waals surface area contributed by atoms with E-state index in [2.05, 4.69) is 25.7 Å². The number of aldehydes is 1. The molecule has 0 saturated carbocycles. The molecule has 0 amide bonds. The van der Waals surface area contributed by atoms with Crippen molar-refractivity contribution in [2.24, 2.45) is 5.92 Å². The Labute approximate surface area is 253 Å². The molecule has 0 bridgehead atoms. The van der Waals surface area contributed by atoms with Crippen LogP contribution in [0.25, 0.3) is 22.2 Å². The second-order valence-corrected chi connectivity index (χ2v) is 12.1. The van der Waals surface area contributed by atoms with Crippen LogP contribution in [0.1, 0.15) is 40.7 Å². The lowest BCUT2D eigenvalue weighted by atomic mass is 9.96. The number of halogens is 3. The molecule has 0 aliphatic carbocycles. The SMILES string of the molecule is N#Cc1cc(-c2cnc3[nH]cc(C(=O)c4c(F)ccc(NS(=O)N5CCC(F)C5)c4F)c3c2)ccc1N1CCC(C=O)CC1. The van der Waals surface area contributed by atoms with E-state index in [1.54, 1.807) is 18.3 Å². The second-order valence-electron chi connectivity index (χ2n) is 10.9. The number of nitriles is 1. The van der Waals surface area contributed by atoms with Crippen LogP contribution >= 0.6 is 0 Å². The predicted molar refractivity (Wildman–Crippen MR) is 160 cm³/mol. The number of aromatic nitrogens is 2. The molecule has 44 heavy (non-hydrogen) atoms. The van der Waals surface area contributed by atoms with E-state index in [1.807, 2.05) is 12.1 Å². The van der Waals surface area contributed by atoms with Crippen molar-refractivity contribution in [2.45, 2.75) is 25.4 Å². The van der Waals surface area contributed by atoms with Crippen LogP contribution in [0.15, 0.2) is 48.8 Å². The van der Waals surface area contributed by atoms with E-state index in [4.69, 9.17) is 0 Å².